The van der Waals surface area contributed by atoms with E-state index in [1.54, 1.807) is 42.5 Å². The van der Waals surface area contributed by atoms with Gasteiger partial charge in [0.2, 0.25) is 11.9 Å². The number of amides is 2. The van der Waals surface area contributed by atoms with Crippen molar-refractivity contribution in [1.82, 2.24) is 15.3 Å². The molecule has 1 aromatic heterocycles. The van der Waals surface area contributed by atoms with Crippen molar-refractivity contribution < 1.29 is 27.9 Å². The zero-order valence-electron chi connectivity index (χ0n) is 21.0. The van der Waals surface area contributed by atoms with Gasteiger partial charge in [0, 0.05) is 49.0 Å². The van der Waals surface area contributed by atoms with Crippen LogP contribution in [0.5, 0.6) is 0 Å². The molecule has 1 fully saturated rings. The predicted molar refractivity (Wildman–Crippen MR) is 140 cm³/mol. The number of hydrogen-bond acceptors (Lipinski definition) is 6. The molecule has 0 aliphatic carbocycles. The van der Waals surface area contributed by atoms with Crippen LogP contribution in [0.3, 0.4) is 0 Å². The van der Waals surface area contributed by atoms with E-state index in [9.17, 15) is 22.8 Å². The summed E-state index contributed by atoms with van der Waals surface area (Å²) in [6.45, 7) is 1.37. The van der Waals surface area contributed by atoms with Crippen LogP contribution in [0, 0.1) is 0 Å². The average molecular weight is 543 g/mol. The second kappa shape index (κ2) is 12.0. The third kappa shape index (κ3) is 7.59. The summed E-state index contributed by atoms with van der Waals surface area (Å²) in [5, 5.41) is 14.4. The highest BCUT2D eigenvalue weighted by atomic mass is 19.4. The molecule has 12 heteroatoms. The predicted octanol–water partition coefficient (Wildman–Crippen LogP) is 4.68. The fourth-order valence-electron chi connectivity index (χ4n) is 4.73. The quantitative estimate of drug-likeness (QED) is 0.309. The summed E-state index contributed by atoms with van der Waals surface area (Å²) >= 11 is 0. The van der Waals surface area contributed by atoms with Crippen LogP contribution in [0.2, 0.25) is 0 Å². The minimum absolute atomic E-state index is 0.0335. The maximum absolute atomic E-state index is 13.9. The Morgan fingerprint density at radius 1 is 1.08 bits per heavy atom. The number of carboxylic acid groups (broad SMARTS) is 1. The number of nitrogens with one attached hydrogen (secondary N) is 2. The van der Waals surface area contributed by atoms with Crippen LogP contribution >= 0.6 is 0 Å². The molecule has 0 bridgehead atoms. The zero-order chi connectivity index (χ0) is 28.0. The smallest absolute Gasteiger partial charge is 0.419 e. The third-order valence-electron chi connectivity index (χ3n) is 6.59. The molecule has 1 aliphatic rings. The number of hydrogen-bond donors (Lipinski definition) is 4. The number of anilines is 3. The molecule has 0 radical (unpaired) electrons. The first-order valence-corrected chi connectivity index (χ1v) is 12.5. The molecule has 4 rings (SSSR count). The number of carbonyl (C=O) groups is 2. The SMILES string of the molecule is NC(=O)CC(Cc1ccccc1)c1nc(Nc2ccc(N3CCC(NC(=O)O)CC3)cc2)ncc1C(F)(F)F. The molecule has 9 nitrogen and oxygen atoms in total. The van der Waals surface area contributed by atoms with E-state index in [-0.39, 0.29) is 30.5 Å². The van der Waals surface area contributed by atoms with E-state index in [1.165, 1.54) is 0 Å². The number of piperidine rings is 1. The lowest BCUT2D eigenvalue weighted by Crippen LogP contribution is -2.44. The van der Waals surface area contributed by atoms with Gasteiger partial charge in [-0.25, -0.2) is 14.8 Å². The molecule has 39 heavy (non-hydrogen) atoms. The Hall–Kier alpha value is -4.35. The Labute approximate surface area is 223 Å². The van der Waals surface area contributed by atoms with Gasteiger partial charge in [0.25, 0.3) is 0 Å². The lowest BCUT2D eigenvalue weighted by atomic mass is 9.90. The van der Waals surface area contributed by atoms with Crippen LogP contribution in [-0.4, -0.2) is 46.2 Å². The lowest BCUT2D eigenvalue weighted by molar-refractivity contribution is -0.139. The van der Waals surface area contributed by atoms with Crippen LogP contribution in [0.15, 0.2) is 60.8 Å². The van der Waals surface area contributed by atoms with Gasteiger partial charge in [-0.15, -0.1) is 0 Å². The minimum Gasteiger partial charge on any atom is -0.465 e. The molecule has 2 heterocycles. The van der Waals surface area contributed by atoms with E-state index >= 15 is 0 Å². The highest BCUT2D eigenvalue weighted by molar-refractivity contribution is 5.75. The second-order valence-electron chi connectivity index (χ2n) is 9.43. The average Bonchev–Trinajstić information content (AvgIpc) is 2.89. The van der Waals surface area contributed by atoms with Crippen molar-refractivity contribution in [3.05, 3.63) is 77.6 Å². The molecule has 0 saturated carbocycles. The molecule has 2 amide bonds. The number of nitrogens with zero attached hydrogens (tertiary/aromatic N) is 3. The molecule has 1 saturated heterocycles. The lowest BCUT2D eigenvalue weighted by Gasteiger charge is -2.33. The topological polar surface area (TPSA) is 133 Å². The van der Waals surface area contributed by atoms with E-state index in [4.69, 9.17) is 10.8 Å². The number of primary amides is 1. The molecule has 2 aromatic carbocycles. The summed E-state index contributed by atoms with van der Waals surface area (Å²) < 4.78 is 41.7. The van der Waals surface area contributed by atoms with Crippen molar-refractivity contribution in [3.63, 3.8) is 0 Å². The van der Waals surface area contributed by atoms with Gasteiger partial charge in [0.1, 0.15) is 0 Å². The highest BCUT2D eigenvalue weighted by Crippen LogP contribution is 2.37. The molecule has 3 aromatic rings. The van der Waals surface area contributed by atoms with Gasteiger partial charge in [-0.2, -0.15) is 13.2 Å². The number of halogens is 3. The largest absolute Gasteiger partial charge is 0.465 e. The summed E-state index contributed by atoms with van der Waals surface area (Å²) in [7, 11) is 0. The number of aromatic nitrogens is 2. The molecule has 1 aliphatic heterocycles. The molecule has 1 unspecified atom stereocenters. The summed E-state index contributed by atoms with van der Waals surface area (Å²) in [4.78, 5) is 32.9. The molecular weight excluding hydrogens is 513 g/mol. The van der Waals surface area contributed by atoms with Crippen molar-refractivity contribution in [2.75, 3.05) is 23.3 Å². The Balaban J connectivity index is 1.53. The van der Waals surface area contributed by atoms with Gasteiger partial charge in [-0.1, -0.05) is 30.3 Å². The van der Waals surface area contributed by atoms with E-state index < -0.39 is 29.7 Å². The fraction of sp³-hybridized carbons (Fsp3) is 0.333. The van der Waals surface area contributed by atoms with Crippen molar-refractivity contribution in [3.8, 4) is 0 Å². The van der Waals surface area contributed by atoms with E-state index in [2.05, 4.69) is 25.5 Å². The van der Waals surface area contributed by atoms with Crippen LogP contribution < -0.4 is 21.3 Å². The van der Waals surface area contributed by atoms with Crippen molar-refractivity contribution in [2.24, 2.45) is 5.73 Å². The Bertz CT molecular complexity index is 1280. The molecule has 1 atom stereocenters. The Kier molecular flexibility index (Phi) is 8.52. The molecule has 0 spiro atoms. The maximum atomic E-state index is 13.9. The van der Waals surface area contributed by atoms with Gasteiger partial charge in [0.15, 0.2) is 0 Å². The Morgan fingerprint density at radius 2 is 1.74 bits per heavy atom. The number of rotatable bonds is 9. The van der Waals surface area contributed by atoms with Crippen LogP contribution in [0.1, 0.15) is 42.0 Å². The number of nitrogens with two attached hydrogens (primary N) is 1. The molecule has 5 N–H and O–H groups in total. The Morgan fingerprint density at radius 3 is 2.33 bits per heavy atom. The van der Waals surface area contributed by atoms with E-state index in [0.717, 1.165) is 17.4 Å². The number of benzene rings is 2. The summed E-state index contributed by atoms with van der Waals surface area (Å²) in [5.74, 6) is -1.66. The third-order valence-corrected chi connectivity index (χ3v) is 6.59. The number of alkyl halides is 3. The first-order valence-electron chi connectivity index (χ1n) is 12.5. The summed E-state index contributed by atoms with van der Waals surface area (Å²) in [6, 6.07) is 16.1. The first-order chi connectivity index (χ1) is 18.6. The van der Waals surface area contributed by atoms with Crippen LogP contribution in [0.25, 0.3) is 0 Å². The fourth-order valence-corrected chi connectivity index (χ4v) is 4.73. The minimum atomic E-state index is -4.71. The standard InChI is InChI=1S/C27H29F3N6O3/c28-27(29,30)22-16-32-25(35-24(22)18(15-23(31)37)14-17-4-2-1-3-5-17)33-19-6-8-21(9-7-19)36-12-10-20(11-13-36)34-26(38)39/h1-9,16,18,20,34H,10-15H2,(H2,31,37)(H,38,39)(H,32,33,35). The van der Waals surface area contributed by atoms with Crippen molar-refractivity contribution in [1.29, 1.82) is 0 Å². The van der Waals surface area contributed by atoms with Crippen LogP contribution in [-0.2, 0) is 17.4 Å². The van der Waals surface area contributed by atoms with Gasteiger partial charge >= 0.3 is 12.3 Å². The van der Waals surface area contributed by atoms with E-state index in [1.807, 2.05) is 12.1 Å². The maximum Gasteiger partial charge on any atom is 0.419 e. The summed E-state index contributed by atoms with van der Waals surface area (Å²) in [6.07, 6.45) is -3.80. The summed E-state index contributed by atoms with van der Waals surface area (Å²) in [5.41, 5.74) is 6.36. The van der Waals surface area contributed by atoms with E-state index in [0.29, 0.717) is 31.6 Å². The van der Waals surface area contributed by atoms with Gasteiger partial charge in [-0.05, 0) is 49.1 Å². The van der Waals surface area contributed by atoms with Gasteiger partial charge in [0.05, 0.1) is 11.3 Å². The number of carbonyl (C=O) groups excluding carboxylic acids is 1. The first kappa shape index (κ1) is 27.7. The molecular formula is C27H29F3N6O3. The van der Waals surface area contributed by atoms with Gasteiger partial charge in [-0.3, -0.25) is 4.79 Å². The molecule has 206 valence electrons. The van der Waals surface area contributed by atoms with Crippen molar-refractivity contribution in [2.45, 2.75) is 43.8 Å². The second-order valence-corrected chi connectivity index (χ2v) is 9.43. The monoisotopic (exact) mass is 542 g/mol. The highest BCUT2D eigenvalue weighted by Gasteiger charge is 2.37. The van der Waals surface area contributed by atoms with Crippen molar-refractivity contribution >= 4 is 29.3 Å². The normalized spacial score (nSPS) is 15.0. The zero-order valence-corrected chi connectivity index (χ0v) is 21.0. The van der Waals surface area contributed by atoms with Gasteiger partial charge < -0.3 is 26.4 Å². The van der Waals surface area contributed by atoms with Crippen LogP contribution in [0.4, 0.5) is 35.3 Å².